The fourth-order valence-corrected chi connectivity index (χ4v) is 1.50. The molecule has 0 N–H and O–H groups in total. The number of esters is 1. The molecule has 0 saturated carbocycles. The average molecular weight is 225 g/mol. The summed E-state index contributed by atoms with van der Waals surface area (Å²) in [6.07, 6.45) is 1.84. The van der Waals surface area contributed by atoms with Crippen LogP contribution in [-0.4, -0.2) is 17.1 Å². The molecule has 1 rings (SSSR count). The summed E-state index contributed by atoms with van der Waals surface area (Å²) in [6.45, 7) is 5.87. The van der Waals surface area contributed by atoms with Crippen LogP contribution in [0, 0.1) is 11.9 Å². The number of ether oxygens (including phenoxy) is 1. The number of nitrogens with zero attached hydrogens (tertiary/aromatic N) is 1. The van der Waals surface area contributed by atoms with E-state index in [0.29, 0.717) is 5.92 Å². The van der Waals surface area contributed by atoms with Crippen LogP contribution in [0.1, 0.15) is 37.6 Å². The van der Waals surface area contributed by atoms with Crippen molar-refractivity contribution in [2.75, 3.05) is 0 Å². The first-order valence-electron chi connectivity index (χ1n) is 5.32. The zero-order valence-corrected chi connectivity index (χ0v) is 9.74. The third kappa shape index (κ3) is 3.61. The number of rotatable bonds is 4. The molecule has 0 saturated heterocycles. The van der Waals surface area contributed by atoms with Crippen molar-refractivity contribution in [3.63, 3.8) is 0 Å². The molecular weight excluding hydrogens is 209 g/mol. The predicted octanol–water partition coefficient (Wildman–Crippen LogP) is 2.81. The van der Waals surface area contributed by atoms with Gasteiger partial charge in [-0.25, -0.2) is 9.78 Å². The van der Waals surface area contributed by atoms with Gasteiger partial charge < -0.3 is 4.74 Å². The van der Waals surface area contributed by atoms with E-state index in [1.807, 2.05) is 13.8 Å². The molecule has 3 nitrogen and oxygen atoms in total. The van der Waals surface area contributed by atoms with Gasteiger partial charge in [-0.2, -0.15) is 4.39 Å². The maximum absolute atomic E-state index is 13.1. The van der Waals surface area contributed by atoms with E-state index in [-0.39, 0.29) is 11.7 Å². The Morgan fingerprint density at radius 2 is 2.19 bits per heavy atom. The number of halogens is 1. The standard InChI is InChI=1S/C12H16FNO2/c1-8(2)7-9(3)16-12(15)10-5-4-6-14-11(10)13/h4-6,8-9H,7H2,1-3H3. The fraction of sp³-hybridized carbons (Fsp3) is 0.500. The van der Waals surface area contributed by atoms with Gasteiger partial charge in [0, 0.05) is 6.20 Å². The highest BCUT2D eigenvalue weighted by atomic mass is 19.1. The molecule has 1 heterocycles. The quantitative estimate of drug-likeness (QED) is 0.584. The Morgan fingerprint density at radius 3 is 2.75 bits per heavy atom. The number of aromatic nitrogens is 1. The Balaban J connectivity index is 2.63. The average Bonchev–Trinajstić information content (AvgIpc) is 2.16. The smallest absolute Gasteiger partial charge is 0.343 e. The molecule has 4 heteroatoms. The summed E-state index contributed by atoms with van der Waals surface area (Å²) in [4.78, 5) is 15.0. The van der Waals surface area contributed by atoms with Crippen LogP contribution in [-0.2, 0) is 4.74 Å². The van der Waals surface area contributed by atoms with Gasteiger partial charge in [0.05, 0.1) is 6.10 Å². The number of carbonyl (C=O) groups excluding carboxylic acids is 1. The van der Waals surface area contributed by atoms with E-state index in [4.69, 9.17) is 4.74 Å². The van der Waals surface area contributed by atoms with Crippen molar-refractivity contribution in [1.29, 1.82) is 0 Å². The summed E-state index contributed by atoms with van der Waals surface area (Å²) in [5.74, 6) is -1.01. The number of carbonyl (C=O) groups is 1. The highest BCUT2D eigenvalue weighted by molar-refractivity contribution is 5.89. The topological polar surface area (TPSA) is 39.2 Å². The second-order valence-corrected chi connectivity index (χ2v) is 4.19. The van der Waals surface area contributed by atoms with Gasteiger partial charge >= 0.3 is 5.97 Å². The van der Waals surface area contributed by atoms with Crippen LogP contribution in [0.15, 0.2) is 18.3 Å². The van der Waals surface area contributed by atoms with Gasteiger partial charge in [0.1, 0.15) is 5.56 Å². The minimum atomic E-state index is -0.788. The highest BCUT2D eigenvalue weighted by Gasteiger charge is 2.17. The van der Waals surface area contributed by atoms with Crippen LogP contribution in [0.2, 0.25) is 0 Å². The zero-order valence-electron chi connectivity index (χ0n) is 9.74. The molecule has 0 aliphatic rings. The number of hydrogen-bond donors (Lipinski definition) is 0. The molecule has 0 radical (unpaired) electrons. The molecule has 1 unspecified atom stereocenters. The van der Waals surface area contributed by atoms with Crippen LogP contribution in [0.4, 0.5) is 4.39 Å². The summed E-state index contributed by atoms with van der Waals surface area (Å²) in [7, 11) is 0. The van der Waals surface area contributed by atoms with Gasteiger partial charge in [0.15, 0.2) is 0 Å². The first-order valence-corrected chi connectivity index (χ1v) is 5.32. The lowest BCUT2D eigenvalue weighted by atomic mass is 10.1. The Kier molecular flexibility index (Phi) is 4.40. The van der Waals surface area contributed by atoms with E-state index < -0.39 is 11.9 Å². The van der Waals surface area contributed by atoms with Crippen LogP contribution in [0.5, 0.6) is 0 Å². The van der Waals surface area contributed by atoms with Crippen molar-refractivity contribution in [2.24, 2.45) is 5.92 Å². The van der Waals surface area contributed by atoms with E-state index in [9.17, 15) is 9.18 Å². The molecular formula is C12H16FNO2. The van der Waals surface area contributed by atoms with Crippen LogP contribution >= 0.6 is 0 Å². The summed E-state index contributed by atoms with van der Waals surface area (Å²) in [5, 5.41) is 0. The SMILES string of the molecule is CC(C)CC(C)OC(=O)c1cccnc1F. The van der Waals surface area contributed by atoms with Gasteiger partial charge in [0.2, 0.25) is 5.95 Å². The molecule has 0 aromatic carbocycles. The molecule has 0 bridgehead atoms. The van der Waals surface area contributed by atoms with Crippen LogP contribution in [0.3, 0.4) is 0 Å². The lowest BCUT2D eigenvalue weighted by Crippen LogP contribution is -2.18. The van der Waals surface area contributed by atoms with Crippen molar-refractivity contribution in [3.05, 3.63) is 29.8 Å². The molecule has 1 atom stereocenters. The molecule has 0 spiro atoms. The highest BCUT2D eigenvalue weighted by Crippen LogP contribution is 2.11. The van der Waals surface area contributed by atoms with Gasteiger partial charge in [0.25, 0.3) is 0 Å². The lowest BCUT2D eigenvalue weighted by Gasteiger charge is -2.15. The van der Waals surface area contributed by atoms with Gasteiger partial charge in [-0.3, -0.25) is 0 Å². The Morgan fingerprint density at radius 1 is 1.50 bits per heavy atom. The molecule has 1 aromatic rings. The van der Waals surface area contributed by atoms with Gasteiger partial charge in [-0.05, 0) is 31.4 Å². The largest absolute Gasteiger partial charge is 0.459 e. The Labute approximate surface area is 94.6 Å². The molecule has 0 aliphatic heterocycles. The molecule has 0 amide bonds. The van der Waals surface area contributed by atoms with Crippen molar-refractivity contribution < 1.29 is 13.9 Å². The first kappa shape index (κ1) is 12.6. The molecule has 88 valence electrons. The third-order valence-corrected chi connectivity index (χ3v) is 2.09. The van der Waals surface area contributed by atoms with E-state index in [1.54, 1.807) is 6.92 Å². The minimum Gasteiger partial charge on any atom is -0.459 e. The maximum Gasteiger partial charge on any atom is 0.343 e. The second-order valence-electron chi connectivity index (χ2n) is 4.19. The Bertz CT molecular complexity index is 366. The molecule has 0 aliphatic carbocycles. The molecule has 1 aromatic heterocycles. The zero-order chi connectivity index (χ0) is 12.1. The van der Waals surface area contributed by atoms with E-state index in [1.165, 1.54) is 18.3 Å². The summed E-state index contributed by atoms with van der Waals surface area (Å²) in [6, 6.07) is 2.87. The molecule has 16 heavy (non-hydrogen) atoms. The summed E-state index contributed by atoms with van der Waals surface area (Å²) in [5.41, 5.74) is -0.113. The number of pyridine rings is 1. The Hall–Kier alpha value is -1.45. The van der Waals surface area contributed by atoms with E-state index in [0.717, 1.165) is 6.42 Å². The second kappa shape index (κ2) is 5.58. The normalized spacial score (nSPS) is 12.6. The number of hydrogen-bond acceptors (Lipinski definition) is 3. The van der Waals surface area contributed by atoms with E-state index in [2.05, 4.69) is 4.98 Å². The van der Waals surface area contributed by atoms with Crippen LogP contribution in [0.25, 0.3) is 0 Å². The summed E-state index contributed by atoms with van der Waals surface area (Å²) >= 11 is 0. The monoisotopic (exact) mass is 225 g/mol. The first-order chi connectivity index (χ1) is 7.50. The van der Waals surface area contributed by atoms with Gasteiger partial charge in [-0.1, -0.05) is 13.8 Å². The summed E-state index contributed by atoms with van der Waals surface area (Å²) < 4.78 is 18.3. The fourth-order valence-electron chi connectivity index (χ4n) is 1.50. The van der Waals surface area contributed by atoms with Crippen molar-refractivity contribution in [1.82, 2.24) is 4.98 Å². The lowest BCUT2D eigenvalue weighted by molar-refractivity contribution is 0.0293. The molecule has 0 fully saturated rings. The van der Waals surface area contributed by atoms with Crippen molar-refractivity contribution in [2.45, 2.75) is 33.3 Å². The van der Waals surface area contributed by atoms with Crippen molar-refractivity contribution in [3.8, 4) is 0 Å². The third-order valence-electron chi connectivity index (χ3n) is 2.09. The maximum atomic E-state index is 13.1. The minimum absolute atomic E-state index is 0.113. The van der Waals surface area contributed by atoms with Crippen molar-refractivity contribution >= 4 is 5.97 Å². The van der Waals surface area contributed by atoms with Gasteiger partial charge in [-0.15, -0.1) is 0 Å². The van der Waals surface area contributed by atoms with Crippen LogP contribution < -0.4 is 0 Å². The van der Waals surface area contributed by atoms with E-state index >= 15 is 0 Å². The predicted molar refractivity (Wildman–Crippen MR) is 58.5 cm³/mol.